The number of amides is 1. The van der Waals surface area contributed by atoms with Crippen LogP contribution in [0.15, 0.2) is 28.7 Å². The molecule has 6 nitrogen and oxygen atoms in total. The number of nitrogens with one attached hydrogen (secondary N) is 1. The van der Waals surface area contributed by atoms with Gasteiger partial charge in [-0.2, -0.15) is 0 Å². The molecule has 0 saturated heterocycles. The molecular weight excluding hydrogens is 260 g/mol. The number of ether oxygens (including phenoxy) is 1. The van der Waals surface area contributed by atoms with E-state index >= 15 is 0 Å². The molecular formula is C14H18N2O4. The van der Waals surface area contributed by atoms with Gasteiger partial charge in [0.15, 0.2) is 5.76 Å². The van der Waals surface area contributed by atoms with Crippen molar-refractivity contribution in [3.05, 3.63) is 30.0 Å². The van der Waals surface area contributed by atoms with Gasteiger partial charge in [0.1, 0.15) is 5.58 Å². The van der Waals surface area contributed by atoms with Crippen LogP contribution in [0.4, 0.5) is 5.69 Å². The summed E-state index contributed by atoms with van der Waals surface area (Å²) in [5.74, 6) is 0.00352. The Morgan fingerprint density at radius 3 is 3.00 bits per heavy atom. The number of furan rings is 1. The summed E-state index contributed by atoms with van der Waals surface area (Å²) in [5.41, 5.74) is 6.94. The van der Waals surface area contributed by atoms with Crippen LogP contribution < -0.4 is 11.1 Å². The molecule has 0 saturated carbocycles. The van der Waals surface area contributed by atoms with Gasteiger partial charge >= 0.3 is 0 Å². The lowest BCUT2D eigenvalue weighted by Crippen LogP contribution is -2.24. The average Bonchev–Trinajstić information content (AvgIpc) is 2.85. The maximum Gasteiger partial charge on any atom is 0.287 e. The Balaban J connectivity index is 1.85. The van der Waals surface area contributed by atoms with Crippen molar-refractivity contribution in [2.75, 3.05) is 32.1 Å². The number of aliphatic hydroxyl groups excluding tert-OH is 1. The third-order valence-electron chi connectivity index (χ3n) is 2.75. The van der Waals surface area contributed by atoms with Gasteiger partial charge in [-0.25, -0.2) is 0 Å². The van der Waals surface area contributed by atoms with Crippen molar-refractivity contribution in [2.24, 2.45) is 0 Å². The second kappa shape index (κ2) is 6.93. The highest BCUT2D eigenvalue weighted by Crippen LogP contribution is 2.21. The Bertz CT molecular complexity index is 580. The van der Waals surface area contributed by atoms with E-state index in [2.05, 4.69) is 5.32 Å². The number of nitrogen functional groups attached to an aromatic ring is 1. The smallest absolute Gasteiger partial charge is 0.287 e. The maximum absolute atomic E-state index is 11.9. The first-order valence-electron chi connectivity index (χ1n) is 6.46. The minimum absolute atomic E-state index is 0.00841. The summed E-state index contributed by atoms with van der Waals surface area (Å²) in [5, 5.41) is 12.1. The SMILES string of the molecule is Nc1ccc2oc(C(=O)NCCCOCCO)cc2c1. The van der Waals surface area contributed by atoms with Gasteiger partial charge in [-0.3, -0.25) is 4.79 Å². The van der Waals surface area contributed by atoms with Crippen LogP contribution in [0.3, 0.4) is 0 Å². The Morgan fingerprint density at radius 1 is 1.35 bits per heavy atom. The van der Waals surface area contributed by atoms with E-state index in [0.717, 1.165) is 5.39 Å². The van der Waals surface area contributed by atoms with E-state index in [0.29, 0.717) is 37.4 Å². The van der Waals surface area contributed by atoms with E-state index in [1.165, 1.54) is 0 Å². The molecule has 2 aromatic rings. The molecule has 1 aromatic carbocycles. The molecule has 1 amide bonds. The number of carbonyl (C=O) groups is 1. The Hall–Kier alpha value is -2.05. The number of hydrogen-bond acceptors (Lipinski definition) is 5. The molecule has 2 rings (SSSR count). The van der Waals surface area contributed by atoms with E-state index < -0.39 is 0 Å². The number of benzene rings is 1. The van der Waals surface area contributed by atoms with Crippen molar-refractivity contribution in [3.8, 4) is 0 Å². The Kier molecular flexibility index (Phi) is 4.97. The molecule has 4 N–H and O–H groups in total. The van der Waals surface area contributed by atoms with Crippen molar-refractivity contribution in [1.82, 2.24) is 5.32 Å². The van der Waals surface area contributed by atoms with Gasteiger partial charge in [0.25, 0.3) is 5.91 Å². The monoisotopic (exact) mass is 278 g/mol. The van der Waals surface area contributed by atoms with Crippen LogP contribution in [0.5, 0.6) is 0 Å². The summed E-state index contributed by atoms with van der Waals surface area (Å²) in [6.45, 7) is 1.31. The van der Waals surface area contributed by atoms with Crippen molar-refractivity contribution < 1.29 is 19.1 Å². The lowest BCUT2D eigenvalue weighted by atomic mass is 10.2. The number of anilines is 1. The fourth-order valence-corrected chi connectivity index (χ4v) is 1.80. The molecule has 0 spiro atoms. The Morgan fingerprint density at radius 2 is 2.20 bits per heavy atom. The van der Waals surface area contributed by atoms with Gasteiger partial charge in [-0.15, -0.1) is 0 Å². The molecule has 0 atom stereocenters. The fourth-order valence-electron chi connectivity index (χ4n) is 1.80. The summed E-state index contributed by atoms with van der Waals surface area (Å²) in [7, 11) is 0. The Labute approximate surface area is 116 Å². The summed E-state index contributed by atoms with van der Waals surface area (Å²) in [6, 6.07) is 6.90. The van der Waals surface area contributed by atoms with Crippen LogP contribution in [-0.2, 0) is 4.74 Å². The fraction of sp³-hybridized carbons (Fsp3) is 0.357. The van der Waals surface area contributed by atoms with Gasteiger partial charge in [-0.05, 0) is 30.7 Å². The number of aliphatic hydroxyl groups is 1. The number of carbonyl (C=O) groups excluding carboxylic acids is 1. The predicted octanol–water partition coefficient (Wildman–Crippen LogP) is 1.14. The number of hydrogen-bond donors (Lipinski definition) is 3. The maximum atomic E-state index is 11.9. The zero-order valence-corrected chi connectivity index (χ0v) is 11.1. The third kappa shape index (κ3) is 3.72. The minimum atomic E-state index is -0.262. The summed E-state index contributed by atoms with van der Waals surface area (Å²) >= 11 is 0. The first kappa shape index (κ1) is 14.4. The zero-order chi connectivity index (χ0) is 14.4. The van der Waals surface area contributed by atoms with Crippen molar-refractivity contribution in [2.45, 2.75) is 6.42 Å². The number of nitrogens with two attached hydrogens (primary N) is 1. The summed E-state index contributed by atoms with van der Waals surface area (Å²) in [6.07, 6.45) is 0.679. The van der Waals surface area contributed by atoms with Crippen molar-refractivity contribution >= 4 is 22.6 Å². The van der Waals surface area contributed by atoms with Crippen LogP contribution in [0.25, 0.3) is 11.0 Å². The lowest BCUT2D eigenvalue weighted by molar-refractivity contribution is 0.0857. The zero-order valence-electron chi connectivity index (χ0n) is 11.1. The van der Waals surface area contributed by atoms with Crippen LogP contribution in [0.2, 0.25) is 0 Å². The molecule has 1 heterocycles. The molecule has 0 bridgehead atoms. The second-order valence-corrected chi connectivity index (χ2v) is 4.35. The topological polar surface area (TPSA) is 97.7 Å². The predicted molar refractivity (Wildman–Crippen MR) is 75.5 cm³/mol. The molecule has 0 radical (unpaired) electrons. The van der Waals surface area contributed by atoms with Crippen LogP contribution in [-0.4, -0.2) is 37.4 Å². The molecule has 1 aromatic heterocycles. The van der Waals surface area contributed by atoms with Gasteiger partial charge in [-0.1, -0.05) is 0 Å². The standard InChI is InChI=1S/C14H18N2O4/c15-11-2-3-12-10(8-11)9-13(20-12)14(18)16-4-1-6-19-7-5-17/h2-3,8-9,17H,1,4-7,15H2,(H,16,18). The minimum Gasteiger partial charge on any atom is -0.451 e. The van der Waals surface area contributed by atoms with Crippen LogP contribution in [0, 0.1) is 0 Å². The van der Waals surface area contributed by atoms with Gasteiger partial charge in [0.05, 0.1) is 13.2 Å². The molecule has 0 fully saturated rings. The van der Waals surface area contributed by atoms with Crippen molar-refractivity contribution in [3.63, 3.8) is 0 Å². The van der Waals surface area contributed by atoms with E-state index in [1.807, 2.05) is 0 Å². The lowest BCUT2D eigenvalue weighted by Gasteiger charge is -2.03. The normalized spacial score (nSPS) is 10.8. The highest BCUT2D eigenvalue weighted by atomic mass is 16.5. The number of fused-ring (bicyclic) bond motifs is 1. The summed E-state index contributed by atoms with van der Waals surface area (Å²) in [4.78, 5) is 11.9. The van der Waals surface area contributed by atoms with E-state index in [1.54, 1.807) is 24.3 Å². The molecule has 0 aliphatic rings. The van der Waals surface area contributed by atoms with E-state index in [9.17, 15) is 4.79 Å². The second-order valence-electron chi connectivity index (χ2n) is 4.35. The van der Waals surface area contributed by atoms with Gasteiger partial charge in [0.2, 0.25) is 0 Å². The molecule has 0 unspecified atom stereocenters. The van der Waals surface area contributed by atoms with E-state index in [-0.39, 0.29) is 18.3 Å². The quantitative estimate of drug-likeness (QED) is 0.521. The molecule has 20 heavy (non-hydrogen) atoms. The molecule has 108 valence electrons. The van der Waals surface area contributed by atoms with Gasteiger partial charge in [0, 0.05) is 24.2 Å². The highest BCUT2D eigenvalue weighted by molar-refractivity contribution is 5.96. The highest BCUT2D eigenvalue weighted by Gasteiger charge is 2.11. The summed E-state index contributed by atoms with van der Waals surface area (Å²) < 4.78 is 10.5. The largest absolute Gasteiger partial charge is 0.451 e. The average molecular weight is 278 g/mol. The van der Waals surface area contributed by atoms with E-state index in [4.69, 9.17) is 20.0 Å². The first-order chi connectivity index (χ1) is 9.70. The molecule has 6 heteroatoms. The van der Waals surface area contributed by atoms with Gasteiger partial charge < -0.3 is 25.3 Å². The molecule has 0 aliphatic heterocycles. The van der Waals surface area contributed by atoms with Crippen LogP contribution >= 0.6 is 0 Å². The van der Waals surface area contributed by atoms with Crippen LogP contribution in [0.1, 0.15) is 17.0 Å². The number of rotatable bonds is 7. The first-order valence-corrected chi connectivity index (χ1v) is 6.46. The molecule has 0 aliphatic carbocycles. The third-order valence-corrected chi connectivity index (χ3v) is 2.75. The van der Waals surface area contributed by atoms with Crippen molar-refractivity contribution in [1.29, 1.82) is 0 Å².